The van der Waals surface area contributed by atoms with E-state index in [2.05, 4.69) is 25.9 Å². The second-order valence-corrected chi connectivity index (χ2v) is 7.27. The van der Waals surface area contributed by atoms with E-state index < -0.39 is 48.4 Å². The highest BCUT2D eigenvalue weighted by molar-refractivity contribution is 5.93. The summed E-state index contributed by atoms with van der Waals surface area (Å²) >= 11 is 0. The number of rotatable bonds is 12. The molecule has 0 radical (unpaired) electrons. The predicted octanol–water partition coefficient (Wildman–Crippen LogP) is -0.638. The largest absolute Gasteiger partial charge is 0.508 e. The number of phenols is 1. The van der Waals surface area contributed by atoms with Gasteiger partial charge in [0, 0.05) is 19.0 Å². The Kier molecular flexibility index (Phi) is 9.36. The summed E-state index contributed by atoms with van der Waals surface area (Å²) in [5, 5.41) is 36.2. The van der Waals surface area contributed by atoms with E-state index in [0.717, 1.165) is 0 Å². The van der Waals surface area contributed by atoms with Crippen molar-refractivity contribution in [2.75, 3.05) is 6.54 Å². The first-order valence-electron chi connectivity index (χ1n) is 10.2. The van der Waals surface area contributed by atoms with Crippen molar-refractivity contribution in [3.05, 3.63) is 48.0 Å². The van der Waals surface area contributed by atoms with E-state index in [-0.39, 0.29) is 24.2 Å². The lowest BCUT2D eigenvalue weighted by Gasteiger charge is -2.26. The number of carbonyl (C=O) groups is 4. The highest BCUT2D eigenvalue weighted by Gasteiger charge is 2.33. The van der Waals surface area contributed by atoms with Crippen LogP contribution in [0.1, 0.15) is 37.1 Å². The number of benzene rings is 1. The summed E-state index contributed by atoms with van der Waals surface area (Å²) in [6.07, 6.45) is 1.96. The Balaban J connectivity index is 2.25. The molecule has 0 saturated carbocycles. The number of carboxylic acids is 1. The van der Waals surface area contributed by atoms with Crippen LogP contribution in [0, 0.1) is 0 Å². The highest BCUT2D eigenvalue weighted by Crippen LogP contribution is 2.20. The number of aliphatic carboxylic acids is 1. The second kappa shape index (κ2) is 12.2. The molecule has 2 rings (SSSR count). The Bertz CT molecular complexity index is 946. The molecule has 33 heavy (non-hydrogen) atoms. The number of amides is 3. The fourth-order valence-corrected chi connectivity index (χ4v) is 2.99. The van der Waals surface area contributed by atoms with Crippen LogP contribution >= 0.6 is 0 Å². The van der Waals surface area contributed by atoms with Crippen LogP contribution in [0.4, 0.5) is 0 Å². The van der Waals surface area contributed by atoms with Crippen molar-refractivity contribution in [1.82, 2.24) is 25.9 Å². The molecule has 1 heterocycles. The van der Waals surface area contributed by atoms with E-state index in [0.29, 0.717) is 12.1 Å². The van der Waals surface area contributed by atoms with Crippen LogP contribution in [0.15, 0.2) is 36.8 Å². The first-order chi connectivity index (χ1) is 15.7. The standard InChI is InChI=1S/C21H27N5O7/c1-2-3-16(28)26-18(19(31)12-4-6-14(27)7-5-12)21(33)25-15(8-13-9-22-11-24-13)20(32)23-10-17(29)30/h4-7,9,11,15,18-19,27,31H,2-3,8,10H2,1H3,(H,22,24)(H,23,32)(H,25,33)(H,26,28)(H,29,30). The molecule has 0 spiro atoms. The van der Waals surface area contributed by atoms with Gasteiger partial charge in [0.2, 0.25) is 17.7 Å². The topological polar surface area (TPSA) is 194 Å². The van der Waals surface area contributed by atoms with E-state index >= 15 is 0 Å². The van der Waals surface area contributed by atoms with Crippen molar-refractivity contribution in [2.45, 2.75) is 44.4 Å². The number of aromatic amines is 1. The number of aliphatic hydroxyl groups is 1. The normalized spacial score (nSPS) is 13.4. The molecular formula is C21H27N5O7. The first-order valence-corrected chi connectivity index (χ1v) is 10.2. The molecule has 3 amide bonds. The summed E-state index contributed by atoms with van der Waals surface area (Å²) in [7, 11) is 0. The molecule has 0 aliphatic heterocycles. The third kappa shape index (κ3) is 7.92. The number of carboxylic acid groups (broad SMARTS) is 1. The van der Waals surface area contributed by atoms with Gasteiger partial charge in [-0.2, -0.15) is 0 Å². The molecular weight excluding hydrogens is 434 g/mol. The smallest absolute Gasteiger partial charge is 0.322 e. The Hall–Kier alpha value is -3.93. The number of nitrogens with zero attached hydrogens (tertiary/aromatic N) is 1. The minimum atomic E-state index is -1.49. The number of aromatic hydroxyl groups is 1. The molecule has 12 heteroatoms. The predicted molar refractivity (Wildman–Crippen MR) is 115 cm³/mol. The number of aromatic nitrogens is 2. The SMILES string of the molecule is CCCC(=O)NC(C(=O)NC(Cc1c[nH]cn1)C(=O)NCC(=O)O)C(O)c1ccc(O)cc1. The molecule has 7 N–H and O–H groups in total. The summed E-state index contributed by atoms with van der Waals surface area (Å²) in [5.74, 6) is -3.41. The summed E-state index contributed by atoms with van der Waals surface area (Å²) in [6, 6.07) is 2.75. The van der Waals surface area contributed by atoms with E-state index in [4.69, 9.17) is 5.11 Å². The quantitative estimate of drug-likeness (QED) is 0.217. The van der Waals surface area contributed by atoms with Gasteiger partial charge in [0.15, 0.2) is 0 Å². The zero-order chi connectivity index (χ0) is 24.4. The fourth-order valence-electron chi connectivity index (χ4n) is 2.99. The number of imidazole rings is 1. The van der Waals surface area contributed by atoms with Crippen LogP contribution in [-0.2, 0) is 25.6 Å². The molecule has 3 atom stereocenters. The Morgan fingerprint density at radius 2 is 1.79 bits per heavy atom. The van der Waals surface area contributed by atoms with Gasteiger partial charge in [-0.05, 0) is 24.1 Å². The van der Waals surface area contributed by atoms with Crippen LogP contribution in [0.2, 0.25) is 0 Å². The molecule has 0 saturated heterocycles. The molecule has 3 unspecified atom stereocenters. The third-order valence-corrected chi connectivity index (χ3v) is 4.64. The van der Waals surface area contributed by atoms with Crippen LogP contribution in [-0.4, -0.2) is 67.6 Å². The van der Waals surface area contributed by atoms with Crippen LogP contribution in [0.25, 0.3) is 0 Å². The number of hydrogen-bond donors (Lipinski definition) is 7. The molecule has 0 bridgehead atoms. The van der Waals surface area contributed by atoms with Crippen LogP contribution in [0.3, 0.4) is 0 Å². The van der Waals surface area contributed by atoms with Crippen molar-refractivity contribution in [3.8, 4) is 5.75 Å². The summed E-state index contributed by atoms with van der Waals surface area (Å²) in [4.78, 5) is 55.3. The number of hydrogen-bond acceptors (Lipinski definition) is 7. The maximum Gasteiger partial charge on any atom is 0.322 e. The number of phenolic OH excluding ortho intramolecular Hbond substituents is 1. The van der Waals surface area contributed by atoms with Gasteiger partial charge in [-0.25, -0.2) is 4.98 Å². The van der Waals surface area contributed by atoms with E-state index in [1.54, 1.807) is 6.92 Å². The van der Waals surface area contributed by atoms with Crippen LogP contribution < -0.4 is 16.0 Å². The minimum Gasteiger partial charge on any atom is -0.508 e. The number of nitrogens with one attached hydrogen (secondary N) is 4. The van der Waals surface area contributed by atoms with E-state index in [1.165, 1.54) is 36.8 Å². The van der Waals surface area contributed by atoms with Gasteiger partial charge in [0.1, 0.15) is 30.5 Å². The van der Waals surface area contributed by atoms with E-state index in [1.807, 2.05) is 0 Å². The summed E-state index contributed by atoms with van der Waals surface area (Å²) in [5.41, 5.74) is 0.681. The highest BCUT2D eigenvalue weighted by atomic mass is 16.4. The summed E-state index contributed by atoms with van der Waals surface area (Å²) < 4.78 is 0. The lowest BCUT2D eigenvalue weighted by atomic mass is 10.00. The van der Waals surface area contributed by atoms with Crippen molar-refractivity contribution in [3.63, 3.8) is 0 Å². The maximum absolute atomic E-state index is 13.1. The molecule has 1 aromatic carbocycles. The Morgan fingerprint density at radius 1 is 1.09 bits per heavy atom. The Morgan fingerprint density at radius 3 is 2.36 bits per heavy atom. The number of H-pyrrole nitrogens is 1. The molecule has 0 fully saturated rings. The van der Waals surface area contributed by atoms with Gasteiger partial charge < -0.3 is 36.3 Å². The van der Waals surface area contributed by atoms with Crippen LogP contribution in [0.5, 0.6) is 5.75 Å². The summed E-state index contributed by atoms with van der Waals surface area (Å²) in [6.45, 7) is 1.12. The van der Waals surface area contributed by atoms with Crippen molar-refractivity contribution in [2.24, 2.45) is 0 Å². The van der Waals surface area contributed by atoms with Gasteiger partial charge in [-0.1, -0.05) is 19.1 Å². The molecule has 0 aliphatic carbocycles. The lowest BCUT2D eigenvalue weighted by Crippen LogP contribution is -2.56. The average Bonchev–Trinajstić information content (AvgIpc) is 3.28. The zero-order valence-corrected chi connectivity index (χ0v) is 17.9. The van der Waals surface area contributed by atoms with Gasteiger partial charge in [0.05, 0.1) is 12.0 Å². The molecule has 178 valence electrons. The minimum absolute atomic E-state index is 0.0452. The van der Waals surface area contributed by atoms with Crippen molar-refractivity contribution in [1.29, 1.82) is 0 Å². The van der Waals surface area contributed by atoms with E-state index in [9.17, 15) is 29.4 Å². The van der Waals surface area contributed by atoms with Gasteiger partial charge in [-0.15, -0.1) is 0 Å². The van der Waals surface area contributed by atoms with Gasteiger partial charge in [0.25, 0.3) is 0 Å². The third-order valence-electron chi connectivity index (χ3n) is 4.64. The maximum atomic E-state index is 13.1. The lowest BCUT2D eigenvalue weighted by molar-refractivity contribution is -0.138. The molecule has 12 nitrogen and oxygen atoms in total. The van der Waals surface area contributed by atoms with Crippen molar-refractivity contribution < 1.29 is 34.5 Å². The average molecular weight is 461 g/mol. The first kappa shape index (κ1) is 25.3. The Labute approximate surface area is 189 Å². The monoisotopic (exact) mass is 461 g/mol. The zero-order valence-electron chi connectivity index (χ0n) is 17.9. The van der Waals surface area contributed by atoms with Crippen molar-refractivity contribution >= 4 is 23.7 Å². The second-order valence-electron chi connectivity index (χ2n) is 7.27. The molecule has 0 aliphatic rings. The van der Waals surface area contributed by atoms with Gasteiger partial charge in [-0.3, -0.25) is 19.2 Å². The molecule has 1 aromatic heterocycles. The number of aliphatic hydroxyl groups excluding tert-OH is 1. The molecule has 2 aromatic rings. The fraction of sp³-hybridized carbons (Fsp3) is 0.381. The number of carbonyl (C=O) groups excluding carboxylic acids is 3. The van der Waals surface area contributed by atoms with Gasteiger partial charge >= 0.3 is 5.97 Å².